The van der Waals surface area contributed by atoms with Gasteiger partial charge in [0.25, 0.3) is 0 Å². The van der Waals surface area contributed by atoms with Crippen LogP contribution in [0.2, 0.25) is 0 Å². The highest BCUT2D eigenvalue weighted by Crippen LogP contribution is 2.31. The predicted octanol–water partition coefficient (Wildman–Crippen LogP) is 5.97. The fourth-order valence-electron chi connectivity index (χ4n) is 2.60. The number of hydrogen-bond donors (Lipinski definition) is 0. The zero-order valence-electron chi connectivity index (χ0n) is 14.4. The quantitative estimate of drug-likeness (QED) is 0.474. The van der Waals surface area contributed by atoms with Crippen LogP contribution in [-0.4, -0.2) is 14.8 Å². The van der Waals surface area contributed by atoms with Gasteiger partial charge >= 0.3 is 6.18 Å². The molecule has 0 radical (unpaired) electrons. The van der Waals surface area contributed by atoms with Gasteiger partial charge in [0.1, 0.15) is 11.9 Å². The molecule has 4 nitrogen and oxygen atoms in total. The van der Waals surface area contributed by atoms with Crippen LogP contribution < -0.4 is 4.74 Å². The SMILES string of the molecule is CCCC(Oc1ccc(-n2cc(C(F)(F)F)cn2)cc1)c1ncccc1Br. The number of ether oxygens (including phenoxy) is 1. The lowest BCUT2D eigenvalue weighted by molar-refractivity contribution is -0.137. The van der Waals surface area contributed by atoms with Crippen LogP contribution in [-0.2, 0) is 6.18 Å². The van der Waals surface area contributed by atoms with E-state index in [9.17, 15) is 13.2 Å². The molecule has 8 heteroatoms. The minimum atomic E-state index is -4.41. The fraction of sp³-hybridized carbons (Fsp3) is 0.263. The van der Waals surface area contributed by atoms with Gasteiger partial charge in [-0.15, -0.1) is 0 Å². The molecular weight excluding hydrogens is 423 g/mol. The lowest BCUT2D eigenvalue weighted by Gasteiger charge is -2.19. The van der Waals surface area contributed by atoms with Gasteiger partial charge in [0, 0.05) is 16.9 Å². The molecule has 1 unspecified atom stereocenters. The second-order valence-electron chi connectivity index (χ2n) is 5.93. The molecule has 0 saturated heterocycles. The molecule has 1 aromatic carbocycles. The Morgan fingerprint density at radius 2 is 1.93 bits per heavy atom. The van der Waals surface area contributed by atoms with E-state index in [0.29, 0.717) is 11.4 Å². The van der Waals surface area contributed by atoms with E-state index in [1.807, 2.05) is 12.1 Å². The van der Waals surface area contributed by atoms with Crippen LogP contribution in [0, 0.1) is 0 Å². The molecule has 27 heavy (non-hydrogen) atoms. The average molecular weight is 440 g/mol. The Balaban J connectivity index is 1.78. The molecule has 142 valence electrons. The summed E-state index contributed by atoms with van der Waals surface area (Å²) in [6.45, 7) is 2.06. The van der Waals surface area contributed by atoms with E-state index in [1.54, 1.807) is 30.5 Å². The van der Waals surface area contributed by atoms with E-state index < -0.39 is 11.7 Å². The summed E-state index contributed by atoms with van der Waals surface area (Å²) in [7, 11) is 0. The van der Waals surface area contributed by atoms with Gasteiger partial charge in [-0.1, -0.05) is 13.3 Å². The van der Waals surface area contributed by atoms with E-state index in [1.165, 1.54) is 4.68 Å². The predicted molar refractivity (Wildman–Crippen MR) is 98.8 cm³/mol. The number of aromatic nitrogens is 3. The lowest BCUT2D eigenvalue weighted by Crippen LogP contribution is -2.10. The number of alkyl halides is 3. The topological polar surface area (TPSA) is 39.9 Å². The van der Waals surface area contributed by atoms with Gasteiger partial charge in [-0.2, -0.15) is 18.3 Å². The molecule has 3 rings (SSSR count). The van der Waals surface area contributed by atoms with Crippen molar-refractivity contribution in [3.8, 4) is 11.4 Å². The third-order valence-corrected chi connectivity index (χ3v) is 4.60. The summed E-state index contributed by atoms with van der Waals surface area (Å²) >= 11 is 3.49. The maximum Gasteiger partial charge on any atom is 0.419 e. The lowest BCUT2D eigenvalue weighted by atomic mass is 10.1. The van der Waals surface area contributed by atoms with Gasteiger partial charge in [0.05, 0.1) is 23.1 Å². The van der Waals surface area contributed by atoms with E-state index in [4.69, 9.17) is 4.74 Å². The summed E-state index contributed by atoms with van der Waals surface area (Å²) in [6.07, 6.45) is 0.541. The van der Waals surface area contributed by atoms with E-state index >= 15 is 0 Å². The van der Waals surface area contributed by atoms with Crippen molar-refractivity contribution in [2.45, 2.75) is 32.0 Å². The van der Waals surface area contributed by atoms with E-state index in [2.05, 4.69) is 32.9 Å². The van der Waals surface area contributed by atoms with E-state index in [0.717, 1.165) is 35.4 Å². The minimum Gasteiger partial charge on any atom is -0.484 e. The first-order valence-electron chi connectivity index (χ1n) is 8.38. The number of hydrogen-bond acceptors (Lipinski definition) is 3. The highest BCUT2D eigenvalue weighted by molar-refractivity contribution is 9.10. The Bertz CT molecular complexity index is 894. The molecule has 3 aromatic rings. The first-order chi connectivity index (χ1) is 12.9. The molecular formula is C19H17BrF3N3O. The van der Waals surface area contributed by atoms with Crippen molar-refractivity contribution in [2.24, 2.45) is 0 Å². The minimum absolute atomic E-state index is 0.224. The van der Waals surface area contributed by atoms with Crippen LogP contribution in [0.3, 0.4) is 0 Å². The van der Waals surface area contributed by atoms with Gasteiger partial charge in [-0.3, -0.25) is 4.98 Å². The van der Waals surface area contributed by atoms with Crippen molar-refractivity contribution in [1.29, 1.82) is 0 Å². The molecule has 0 spiro atoms. The maximum atomic E-state index is 12.7. The molecule has 2 heterocycles. The highest BCUT2D eigenvalue weighted by Gasteiger charge is 2.32. The largest absolute Gasteiger partial charge is 0.484 e. The van der Waals surface area contributed by atoms with Gasteiger partial charge in [-0.05, 0) is 58.7 Å². The summed E-state index contributed by atoms with van der Waals surface area (Å²) in [5, 5.41) is 3.77. The third kappa shape index (κ3) is 4.68. The van der Waals surface area contributed by atoms with E-state index in [-0.39, 0.29) is 6.10 Å². The highest BCUT2D eigenvalue weighted by atomic mass is 79.9. The van der Waals surface area contributed by atoms with Gasteiger partial charge in [0.2, 0.25) is 0 Å². The fourth-order valence-corrected chi connectivity index (χ4v) is 3.11. The smallest absolute Gasteiger partial charge is 0.419 e. The van der Waals surface area contributed by atoms with Crippen molar-refractivity contribution < 1.29 is 17.9 Å². The third-order valence-electron chi connectivity index (χ3n) is 3.93. The van der Waals surface area contributed by atoms with Crippen LogP contribution in [0.5, 0.6) is 5.75 Å². The maximum absolute atomic E-state index is 12.7. The summed E-state index contributed by atoms with van der Waals surface area (Å²) in [4.78, 5) is 4.39. The average Bonchev–Trinajstić information content (AvgIpc) is 3.13. The summed E-state index contributed by atoms with van der Waals surface area (Å²) in [6, 6.07) is 10.5. The Morgan fingerprint density at radius 1 is 1.19 bits per heavy atom. The normalized spacial score (nSPS) is 12.8. The van der Waals surface area contributed by atoms with Crippen LogP contribution in [0.15, 0.2) is 59.5 Å². The first-order valence-corrected chi connectivity index (χ1v) is 9.17. The molecule has 0 bridgehead atoms. The molecule has 0 saturated carbocycles. The number of halogens is 4. The van der Waals surface area contributed by atoms with Crippen LogP contribution in [0.4, 0.5) is 13.2 Å². The van der Waals surface area contributed by atoms with Gasteiger partial charge in [-0.25, -0.2) is 4.68 Å². The molecule has 0 fully saturated rings. The molecule has 0 amide bonds. The van der Waals surface area contributed by atoms with Crippen molar-refractivity contribution in [1.82, 2.24) is 14.8 Å². The van der Waals surface area contributed by atoms with Crippen molar-refractivity contribution in [2.75, 3.05) is 0 Å². The van der Waals surface area contributed by atoms with Crippen molar-refractivity contribution in [3.05, 3.63) is 70.7 Å². The Hall–Kier alpha value is -2.35. The first kappa shape index (κ1) is 19.4. The van der Waals surface area contributed by atoms with Crippen molar-refractivity contribution in [3.63, 3.8) is 0 Å². The molecule has 1 atom stereocenters. The summed E-state index contributed by atoms with van der Waals surface area (Å²) < 4.78 is 46.3. The number of nitrogens with zero attached hydrogens (tertiary/aromatic N) is 3. The summed E-state index contributed by atoms with van der Waals surface area (Å²) in [5.74, 6) is 0.609. The number of pyridine rings is 1. The second kappa shape index (κ2) is 8.12. The van der Waals surface area contributed by atoms with Crippen molar-refractivity contribution >= 4 is 15.9 Å². The monoisotopic (exact) mass is 439 g/mol. The molecule has 0 aliphatic rings. The molecule has 0 aliphatic carbocycles. The zero-order valence-corrected chi connectivity index (χ0v) is 16.0. The second-order valence-corrected chi connectivity index (χ2v) is 6.79. The molecule has 2 aromatic heterocycles. The summed E-state index contributed by atoms with van der Waals surface area (Å²) in [5.41, 5.74) is 0.542. The van der Waals surface area contributed by atoms with Crippen LogP contribution >= 0.6 is 15.9 Å². The number of benzene rings is 1. The Kier molecular flexibility index (Phi) is 5.84. The molecule has 0 N–H and O–H groups in total. The standard InChI is InChI=1S/C19H17BrF3N3O/c1-2-4-17(18-16(20)5-3-10-24-18)27-15-8-6-14(7-9-15)26-12-13(11-25-26)19(21,22)23/h3,5-12,17H,2,4H2,1H3. The zero-order chi connectivity index (χ0) is 19.4. The van der Waals surface area contributed by atoms with Crippen LogP contribution in [0.25, 0.3) is 5.69 Å². The van der Waals surface area contributed by atoms with Crippen LogP contribution in [0.1, 0.15) is 37.1 Å². The Morgan fingerprint density at radius 3 is 2.52 bits per heavy atom. The van der Waals surface area contributed by atoms with Gasteiger partial charge in [0.15, 0.2) is 0 Å². The Labute approximate surface area is 163 Å². The van der Waals surface area contributed by atoms with Gasteiger partial charge < -0.3 is 4.74 Å². The molecule has 0 aliphatic heterocycles. The number of rotatable bonds is 6.